The van der Waals surface area contributed by atoms with Crippen LogP contribution in [0.4, 0.5) is 10.6 Å². The number of aromatic nitrogens is 6. The Balaban J connectivity index is 1.27. The van der Waals surface area contributed by atoms with Crippen molar-refractivity contribution in [3.63, 3.8) is 0 Å². The minimum absolute atomic E-state index is 0.306. The molecule has 0 aliphatic carbocycles. The van der Waals surface area contributed by atoms with Gasteiger partial charge in [-0.2, -0.15) is 9.97 Å². The zero-order valence-corrected chi connectivity index (χ0v) is 21.7. The van der Waals surface area contributed by atoms with E-state index in [2.05, 4.69) is 19.7 Å². The van der Waals surface area contributed by atoms with E-state index in [-0.39, 0.29) is 11.7 Å². The van der Waals surface area contributed by atoms with E-state index in [1.165, 1.54) is 0 Å². The van der Waals surface area contributed by atoms with Crippen LogP contribution in [0.25, 0.3) is 28.1 Å². The number of likely N-dealkylation sites (tertiary alicyclic amines) is 1. The third-order valence-corrected chi connectivity index (χ3v) is 8.02. The molecular formula is C26H31N9O3. The van der Waals surface area contributed by atoms with Crippen LogP contribution in [0.2, 0.25) is 0 Å². The molecule has 3 aliphatic rings. The van der Waals surface area contributed by atoms with Crippen LogP contribution in [-0.4, -0.2) is 91.6 Å². The number of alkyl carbamates (subject to hydrolysis) is 1. The summed E-state index contributed by atoms with van der Waals surface area (Å²) in [5.74, 6) is 3.19. The Morgan fingerprint density at radius 3 is 2.58 bits per heavy atom. The number of ether oxygens (including phenoxy) is 2. The molecule has 0 unspecified atom stereocenters. The molecule has 4 aromatic rings. The molecular weight excluding hydrogens is 486 g/mol. The lowest BCUT2D eigenvalue weighted by Gasteiger charge is -2.36. The number of carbonyl (C=O) groups is 1. The molecule has 3 aromatic heterocycles. The monoisotopic (exact) mass is 517 g/mol. The predicted octanol–water partition coefficient (Wildman–Crippen LogP) is 1.92. The number of hydrogen-bond donors (Lipinski definition) is 1. The van der Waals surface area contributed by atoms with Crippen LogP contribution in [0.3, 0.4) is 0 Å². The topological polar surface area (TPSA) is 115 Å². The summed E-state index contributed by atoms with van der Waals surface area (Å²) in [4.78, 5) is 36.1. The number of imidazole rings is 2. The summed E-state index contributed by atoms with van der Waals surface area (Å²) in [6, 6.07) is 8.06. The predicted molar refractivity (Wildman–Crippen MR) is 140 cm³/mol. The van der Waals surface area contributed by atoms with Gasteiger partial charge >= 0.3 is 6.09 Å². The molecule has 1 amide bonds. The number of carbonyl (C=O) groups excluding carboxylic acids is 1. The minimum atomic E-state index is -0.366. The summed E-state index contributed by atoms with van der Waals surface area (Å²) in [7, 11) is 2.03. The highest BCUT2D eigenvalue weighted by Gasteiger charge is 2.43. The highest BCUT2D eigenvalue weighted by atomic mass is 16.6. The van der Waals surface area contributed by atoms with Crippen LogP contribution >= 0.6 is 0 Å². The van der Waals surface area contributed by atoms with E-state index in [0.717, 1.165) is 78.7 Å². The Kier molecular flexibility index (Phi) is 5.48. The molecule has 38 heavy (non-hydrogen) atoms. The lowest BCUT2D eigenvalue weighted by atomic mass is 9.92. The lowest BCUT2D eigenvalue weighted by Crippen LogP contribution is -2.46. The third kappa shape index (κ3) is 3.86. The fourth-order valence-electron chi connectivity index (χ4n) is 5.82. The number of amides is 1. The average molecular weight is 518 g/mol. The molecule has 1 N–H and O–H groups in total. The molecule has 198 valence electrons. The number of nitrogens with zero attached hydrogens (tertiary/aromatic N) is 8. The largest absolute Gasteiger partial charge is 0.441 e. The molecule has 12 heteroatoms. The number of morpholine rings is 1. The molecule has 6 heterocycles. The van der Waals surface area contributed by atoms with Gasteiger partial charge in [-0.3, -0.25) is 9.47 Å². The molecule has 1 spiro atoms. The molecule has 0 radical (unpaired) electrons. The van der Waals surface area contributed by atoms with Crippen LogP contribution < -0.4 is 10.2 Å². The maximum atomic E-state index is 11.6. The van der Waals surface area contributed by atoms with Gasteiger partial charge in [0.05, 0.1) is 37.3 Å². The van der Waals surface area contributed by atoms with Gasteiger partial charge in [-0.1, -0.05) is 12.1 Å². The van der Waals surface area contributed by atoms with Gasteiger partial charge in [0.1, 0.15) is 17.2 Å². The standard InChI is InChI=1S/C26H31N9O3/c1-17-28-18-5-3-4-6-19(18)35(17)24-30-22-21(23(31-24)34-11-13-37-14-12-34)29-20(32(22)2)15-33-9-7-26(8-10-33)16-27-25(36)38-26/h3-6H,7-16H2,1-2H3,(H,27,36). The van der Waals surface area contributed by atoms with Gasteiger partial charge in [-0.05, 0) is 19.1 Å². The van der Waals surface area contributed by atoms with Crippen molar-refractivity contribution in [3.8, 4) is 5.95 Å². The molecule has 3 aliphatic heterocycles. The number of nitrogens with one attached hydrogen (secondary N) is 1. The van der Waals surface area contributed by atoms with Gasteiger partial charge in [-0.15, -0.1) is 0 Å². The Bertz CT molecular complexity index is 1530. The quantitative estimate of drug-likeness (QED) is 0.433. The Labute approximate surface area is 219 Å². The van der Waals surface area contributed by atoms with Gasteiger partial charge in [0.2, 0.25) is 5.95 Å². The maximum Gasteiger partial charge on any atom is 0.407 e. The summed E-state index contributed by atoms with van der Waals surface area (Å²) in [5, 5.41) is 2.81. The Hall–Kier alpha value is -3.77. The van der Waals surface area contributed by atoms with Crippen molar-refractivity contribution < 1.29 is 14.3 Å². The van der Waals surface area contributed by atoms with Crippen molar-refractivity contribution in [2.45, 2.75) is 31.9 Å². The maximum absolute atomic E-state index is 11.6. The second-order valence-corrected chi connectivity index (χ2v) is 10.4. The van der Waals surface area contributed by atoms with Gasteiger partial charge in [0.15, 0.2) is 17.0 Å². The van der Waals surface area contributed by atoms with Crippen molar-refractivity contribution in [1.29, 1.82) is 0 Å². The zero-order valence-electron chi connectivity index (χ0n) is 21.7. The highest BCUT2D eigenvalue weighted by Crippen LogP contribution is 2.31. The SMILES string of the molecule is Cc1nc2ccccc2n1-c1nc(N2CCOCC2)c2nc(CN3CCC4(CC3)CNC(=O)O4)n(C)c2n1. The minimum Gasteiger partial charge on any atom is -0.441 e. The van der Waals surface area contributed by atoms with Gasteiger partial charge < -0.3 is 24.3 Å². The molecule has 12 nitrogen and oxygen atoms in total. The van der Waals surface area contributed by atoms with Crippen molar-refractivity contribution in [2.75, 3.05) is 50.8 Å². The van der Waals surface area contributed by atoms with E-state index >= 15 is 0 Å². The number of anilines is 1. The van der Waals surface area contributed by atoms with Crippen molar-refractivity contribution in [1.82, 2.24) is 39.3 Å². The van der Waals surface area contributed by atoms with Crippen LogP contribution in [0, 0.1) is 6.92 Å². The molecule has 0 atom stereocenters. The number of piperidine rings is 1. The van der Waals surface area contributed by atoms with Gasteiger partial charge in [0.25, 0.3) is 0 Å². The molecule has 0 saturated carbocycles. The zero-order chi connectivity index (χ0) is 25.9. The van der Waals surface area contributed by atoms with E-state index in [4.69, 9.17) is 29.4 Å². The average Bonchev–Trinajstić information content (AvgIpc) is 3.57. The van der Waals surface area contributed by atoms with Gasteiger partial charge in [-0.25, -0.2) is 14.8 Å². The number of benzene rings is 1. The van der Waals surface area contributed by atoms with E-state index in [1.807, 2.05) is 42.8 Å². The second kappa shape index (κ2) is 8.91. The molecule has 0 bridgehead atoms. The number of rotatable bonds is 4. The first kappa shape index (κ1) is 23.4. The number of hydrogen-bond acceptors (Lipinski definition) is 9. The first-order valence-corrected chi connectivity index (χ1v) is 13.2. The number of aryl methyl sites for hydroxylation is 2. The molecule has 7 rings (SSSR count). The fourth-order valence-corrected chi connectivity index (χ4v) is 5.82. The van der Waals surface area contributed by atoms with Crippen molar-refractivity contribution in [3.05, 3.63) is 35.9 Å². The Morgan fingerprint density at radius 1 is 1.03 bits per heavy atom. The van der Waals surface area contributed by atoms with E-state index < -0.39 is 0 Å². The summed E-state index contributed by atoms with van der Waals surface area (Å²) in [6.07, 6.45) is 1.32. The Morgan fingerprint density at radius 2 is 1.82 bits per heavy atom. The smallest absolute Gasteiger partial charge is 0.407 e. The summed E-state index contributed by atoms with van der Waals surface area (Å²) >= 11 is 0. The summed E-state index contributed by atoms with van der Waals surface area (Å²) < 4.78 is 15.3. The second-order valence-electron chi connectivity index (χ2n) is 10.4. The fraction of sp³-hybridized carbons (Fsp3) is 0.500. The van der Waals surface area contributed by atoms with Crippen LogP contribution in [0.15, 0.2) is 24.3 Å². The van der Waals surface area contributed by atoms with Gasteiger partial charge in [0, 0.05) is 46.1 Å². The van der Waals surface area contributed by atoms with E-state index in [0.29, 0.717) is 32.3 Å². The van der Waals surface area contributed by atoms with E-state index in [9.17, 15) is 4.79 Å². The van der Waals surface area contributed by atoms with Crippen LogP contribution in [-0.2, 0) is 23.1 Å². The summed E-state index contributed by atoms with van der Waals surface area (Å²) in [6.45, 7) is 7.76. The summed E-state index contributed by atoms with van der Waals surface area (Å²) in [5.41, 5.74) is 3.13. The highest BCUT2D eigenvalue weighted by molar-refractivity contribution is 5.86. The van der Waals surface area contributed by atoms with Crippen LogP contribution in [0.5, 0.6) is 0 Å². The molecule has 1 aromatic carbocycles. The van der Waals surface area contributed by atoms with Crippen molar-refractivity contribution in [2.24, 2.45) is 7.05 Å². The molecule has 3 saturated heterocycles. The van der Waals surface area contributed by atoms with Crippen LogP contribution in [0.1, 0.15) is 24.5 Å². The number of fused-ring (bicyclic) bond motifs is 2. The lowest BCUT2D eigenvalue weighted by molar-refractivity contribution is -0.00170. The first-order chi connectivity index (χ1) is 18.5. The van der Waals surface area contributed by atoms with E-state index in [1.54, 1.807) is 0 Å². The normalized spacial score (nSPS) is 19.9. The van der Waals surface area contributed by atoms with Crippen molar-refractivity contribution >= 4 is 34.1 Å². The number of para-hydroxylation sites is 2. The first-order valence-electron chi connectivity index (χ1n) is 13.2. The molecule has 3 fully saturated rings. The third-order valence-electron chi connectivity index (χ3n) is 8.02.